The zero-order valence-electron chi connectivity index (χ0n) is 23.4. The highest BCUT2D eigenvalue weighted by atomic mass is 16.6. The Bertz CT molecular complexity index is 1170. The molecule has 4 bridgehead atoms. The molecule has 3 atom stereocenters. The van der Waals surface area contributed by atoms with Crippen molar-refractivity contribution in [3.05, 3.63) is 47.0 Å². The number of hydrogen-bond donors (Lipinski definition) is 2. The van der Waals surface area contributed by atoms with Crippen LogP contribution in [0.2, 0.25) is 0 Å². The van der Waals surface area contributed by atoms with Gasteiger partial charge in [0.1, 0.15) is 18.2 Å². The molecule has 4 rings (SSSR count). The normalized spacial score (nSPS) is 26.1. The molecule has 1 aromatic carbocycles. The summed E-state index contributed by atoms with van der Waals surface area (Å²) in [7, 11) is 0. The number of allylic oxidation sites excluding steroid dienone is 2. The molecule has 1 saturated heterocycles. The summed E-state index contributed by atoms with van der Waals surface area (Å²) in [5.41, 5.74) is 2.20. The van der Waals surface area contributed by atoms with Crippen molar-refractivity contribution in [3.63, 3.8) is 0 Å². The molecule has 3 aliphatic rings. The Hall–Kier alpha value is -3.56. The van der Waals surface area contributed by atoms with Crippen LogP contribution in [0.25, 0.3) is 0 Å². The third kappa shape index (κ3) is 6.54. The minimum atomic E-state index is -1.19. The first kappa shape index (κ1) is 28.4. The highest BCUT2D eigenvalue weighted by Gasteiger charge is 2.46. The summed E-state index contributed by atoms with van der Waals surface area (Å²) in [6, 6.07) is 3.80. The maximum absolute atomic E-state index is 13.7. The van der Waals surface area contributed by atoms with E-state index in [-0.39, 0.29) is 25.0 Å². The Kier molecular flexibility index (Phi) is 7.95. The third-order valence-corrected chi connectivity index (χ3v) is 7.58. The minimum absolute atomic E-state index is 0.0286. The number of cyclic esters (lactones) is 1. The molecule has 212 valence electrons. The van der Waals surface area contributed by atoms with Crippen LogP contribution in [0.5, 0.6) is 0 Å². The first-order chi connectivity index (χ1) is 18.2. The van der Waals surface area contributed by atoms with Crippen molar-refractivity contribution in [2.45, 2.75) is 85.2 Å². The lowest BCUT2D eigenvalue weighted by Gasteiger charge is -2.34. The molecule has 10 heteroatoms. The molecule has 0 saturated carbocycles. The Labute approximate surface area is 229 Å². The molecule has 1 aromatic rings. The molecular formula is C29H39N3O7. The highest BCUT2D eigenvalue weighted by molar-refractivity contribution is 5.90. The molecule has 0 aliphatic carbocycles. The number of carbonyl (C=O) groups excluding carboxylic acids is 3. The summed E-state index contributed by atoms with van der Waals surface area (Å²) in [6.45, 7) is 10.2. The maximum atomic E-state index is 13.7. The van der Waals surface area contributed by atoms with Crippen molar-refractivity contribution in [1.82, 2.24) is 15.1 Å². The maximum Gasteiger partial charge on any atom is 0.410 e. The van der Waals surface area contributed by atoms with Crippen molar-refractivity contribution >= 4 is 24.1 Å². The molecule has 3 amide bonds. The standard InChI is InChI=1S/C29H39N3O7/c1-28(2,3)23-24(33)32-15-20(13-22(32)25(34)35)39-27(37)31-14-19-11-8-10-18(21(19)16-31)9-6-7-12-29(4,5)17-38-26(36)30-23/h6-8,10-11,20,22-23H,9,12-17H2,1-5H3,(H,30,36)(H,34,35)/t20-,22+,23-/m1/s1. The lowest BCUT2D eigenvalue weighted by atomic mass is 9.85. The largest absolute Gasteiger partial charge is 0.480 e. The Morgan fingerprint density at radius 3 is 2.51 bits per heavy atom. The van der Waals surface area contributed by atoms with Gasteiger partial charge in [-0.3, -0.25) is 9.69 Å². The van der Waals surface area contributed by atoms with Crippen LogP contribution in [-0.2, 0) is 38.6 Å². The second kappa shape index (κ2) is 10.9. The molecule has 0 spiro atoms. The van der Waals surface area contributed by atoms with E-state index in [9.17, 15) is 24.3 Å². The van der Waals surface area contributed by atoms with Crippen LogP contribution < -0.4 is 5.32 Å². The first-order valence-corrected chi connectivity index (χ1v) is 13.4. The van der Waals surface area contributed by atoms with E-state index in [0.717, 1.165) is 16.7 Å². The van der Waals surface area contributed by atoms with E-state index >= 15 is 0 Å². The Morgan fingerprint density at radius 2 is 1.82 bits per heavy atom. The molecule has 3 heterocycles. The summed E-state index contributed by atoms with van der Waals surface area (Å²) in [5.74, 6) is -1.75. The summed E-state index contributed by atoms with van der Waals surface area (Å²) in [4.78, 5) is 54.5. The zero-order valence-corrected chi connectivity index (χ0v) is 23.4. The molecule has 0 aromatic heterocycles. The minimum Gasteiger partial charge on any atom is -0.480 e. The van der Waals surface area contributed by atoms with Crippen LogP contribution in [-0.4, -0.2) is 70.3 Å². The lowest BCUT2D eigenvalue weighted by Crippen LogP contribution is -2.57. The van der Waals surface area contributed by atoms with E-state index in [0.29, 0.717) is 25.9 Å². The smallest absolute Gasteiger partial charge is 0.410 e. The Balaban J connectivity index is 1.63. The van der Waals surface area contributed by atoms with Crippen LogP contribution >= 0.6 is 0 Å². The summed E-state index contributed by atoms with van der Waals surface area (Å²) < 4.78 is 11.2. The lowest BCUT2D eigenvalue weighted by molar-refractivity contribution is -0.150. The van der Waals surface area contributed by atoms with Crippen molar-refractivity contribution in [3.8, 4) is 0 Å². The number of hydrogen-bond acceptors (Lipinski definition) is 6. The summed E-state index contributed by atoms with van der Waals surface area (Å²) in [5, 5.41) is 12.5. The second-order valence-corrected chi connectivity index (χ2v) is 12.6. The summed E-state index contributed by atoms with van der Waals surface area (Å²) >= 11 is 0. The van der Waals surface area contributed by atoms with Gasteiger partial charge in [-0.25, -0.2) is 14.4 Å². The molecule has 0 unspecified atom stereocenters. The average Bonchev–Trinajstić information content (AvgIpc) is 3.47. The molecule has 2 N–H and O–H groups in total. The second-order valence-electron chi connectivity index (χ2n) is 12.6. The number of aliphatic carboxylic acids is 1. The van der Waals surface area contributed by atoms with E-state index in [1.54, 1.807) is 25.7 Å². The number of amides is 3. The van der Waals surface area contributed by atoms with E-state index in [1.165, 1.54) is 4.90 Å². The number of benzene rings is 1. The van der Waals surface area contributed by atoms with Gasteiger partial charge < -0.3 is 24.8 Å². The number of rotatable bonds is 1. The number of fused-ring (bicyclic) bond motifs is 3. The fourth-order valence-electron chi connectivity index (χ4n) is 5.30. The van der Waals surface area contributed by atoms with E-state index in [1.807, 2.05) is 32.0 Å². The number of nitrogens with zero attached hydrogens (tertiary/aromatic N) is 2. The molecule has 1 fully saturated rings. The van der Waals surface area contributed by atoms with Crippen LogP contribution in [0.15, 0.2) is 30.4 Å². The molecule has 0 radical (unpaired) electrons. The van der Waals surface area contributed by atoms with Crippen LogP contribution in [0.3, 0.4) is 0 Å². The van der Waals surface area contributed by atoms with Crippen molar-refractivity contribution in [1.29, 1.82) is 0 Å². The van der Waals surface area contributed by atoms with Gasteiger partial charge in [-0.15, -0.1) is 0 Å². The number of nitrogens with one attached hydrogen (secondary N) is 1. The monoisotopic (exact) mass is 541 g/mol. The molecular weight excluding hydrogens is 502 g/mol. The zero-order chi connectivity index (χ0) is 28.5. The summed E-state index contributed by atoms with van der Waals surface area (Å²) in [6.07, 6.45) is 3.43. The SMILES string of the molecule is CC1(C)CC=CCc2cccc3c2CN(C3)C(=O)O[C@@H]2C[C@@H](C(=O)O)N(C2)C(=O)[C@H](C(C)(C)C)NC(=O)OC1. The van der Waals surface area contributed by atoms with Gasteiger partial charge >= 0.3 is 18.2 Å². The number of carboxylic acid groups (broad SMARTS) is 1. The fourth-order valence-corrected chi connectivity index (χ4v) is 5.30. The van der Waals surface area contributed by atoms with Crippen molar-refractivity contribution in [2.75, 3.05) is 13.2 Å². The quantitative estimate of drug-likeness (QED) is 0.517. The number of carboxylic acids is 1. The molecule has 39 heavy (non-hydrogen) atoms. The Morgan fingerprint density at radius 1 is 1.10 bits per heavy atom. The van der Waals surface area contributed by atoms with Gasteiger partial charge in [0, 0.05) is 24.9 Å². The third-order valence-electron chi connectivity index (χ3n) is 7.58. The number of ether oxygens (including phenoxy) is 2. The average molecular weight is 542 g/mol. The number of carbonyl (C=O) groups is 4. The van der Waals surface area contributed by atoms with Gasteiger partial charge in [0.25, 0.3) is 0 Å². The predicted molar refractivity (Wildman–Crippen MR) is 143 cm³/mol. The predicted octanol–water partition coefficient (Wildman–Crippen LogP) is 3.86. The van der Waals surface area contributed by atoms with Crippen LogP contribution in [0.4, 0.5) is 9.59 Å². The van der Waals surface area contributed by atoms with Gasteiger partial charge in [-0.1, -0.05) is 65.0 Å². The van der Waals surface area contributed by atoms with Gasteiger partial charge in [0.15, 0.2) is 0 Å². The van der Waals surface area contributed by atoms with Gasteiger partial charge in [-0.05, 0) is 34.9 Å². The van der Waals surface area contributed by atoms with Crippen molar-refractivity contribution < 1.29 is 33.8 Å². The van der Waals surface area contributed by atoms with E-state index in [4.69, 9.17) is 9.47 Å². The molecule has 3 aliphatic heterocycles. The topological polar surface area (TPSA) is 125 Å². The highest BCUT2D eigenvalue weighted by Crippen LogP contribution is 2.31. The number of alkyl carbamates (subject to hydrolysis) is 1. The van der Waals surface area contributed by atoms with E-state index < -0.39 is 47.7 Å². The fraction of sp³-hybridized carbons (Fsp3) is 0.586. The van der Waals surface area contributed by atoms with Gasteiger partial charge in [-0.2, -0.15) is 0 Å². The molecule has 10 nitrogen and oxygen atoms in total. The van der Waals surface area contributed by atoms with Gasteiger partial charge in [0.2, 0.25) is 5.91 Å². The first-order valence-electron chi connectivity index (χ1n) is 13.4. The van der Waals surface area contributed by atoms with Crippen LogP contribution in [0, 0.1) is 10.8 Å². The van der Waals surface area contributed by atoms with Gasteiger partial charge in [0.05, 0.1) is 13.2 Å². The van der Waals surface area contributed by atoms with Crippen LogP contribution in [0.1, 0.15) is 64.2 Å². The van der Waals surface area contributed by atoms with E-state index in [2.05, 4.69) is 17.5 Å². The van der Waals surface area contributed by atoms with Crippen molar-refractivity contribution in [2.24, 2.45) is 10.8 Å².